The van der Waals surface area contributed by atoms with Crippen LogP contribution in [0.25, 0.3) is 0 Å². The number of hydrogen-bond acceptors (Lipinski definition) is 2. The molecule has 0 saturated carbocycles. The lowest BCUT2D eigenvalue weighted by Gasteiger charge is -2.15. The Morgan fingerprint density at radius 2 is 1.30 bits per heavy atom. The molecule has 0 unspecified atom stereocenters. The van der Waals surface area contributed by atoms with Gasteiger partial charge in [0.05, 0.1) is 9.81 Å². The van der Waals surface area contributed by atoms with E-state index in [2.05, 4.69) is 69.2 Å². The summed E-state index contributed by atoms with van der Waals surface area (Å²) >= 11 is 3.66. The van der Waals surface area contributed by atoms with Crippen LogP contribution >= 0.6 is 23.5 Å². The number of allylic oxidation sites excluding steroid dienone is 4. The van der Waals surface area contributed by atoms with Gasteiger partial charge in [-0.1, -0.05) is 51.1 Å². The number of rotatable bonds is 9. The first kappa shape index (κ1) is 22.7. The van der Waals surface area contributed by atoms with Crippen LogP contribution in [0.2, 0.25) is 51.4 Å². The average molecular weight is 381 g/mol. The lowest BCUT2D eigenvalue weighted by molar-refractivity contribution is 1.38. The fourth-order valence-corrected chi connectivity index (χ4v) is 8.21. The molecule has 0 fully saturated rings. The number of hydrogen-bond donors (Lipinski definition) is 0. The summed E-state index contributed by atoms with van der Waals surface area (Å²) < 4.78 is 0. The Morgan fingerprint density at radius 3 is 1.70 bits per heavy atom. The SMILES string of the molecule is C#C/C(=C\C=C(/C#CC)SCC[Si](C)(C)C)SCC[Si](C)(C)C. The second-order valence-electron chi connectivity index (χ2n) is 7.90. The molecular formula is C19H32S2Si2. The van der Waals surface area contributed by atoms with Crippen molar-refractivity contribution in [2.75, 3.05) is 11.5 Å². The average Bonchev–Trinajstić information content (AvgIpc) is 2.39. The predicted molar refractivity (Wildman–Crippen MR) is 120 cm³/mol. The molecule has 0 radical (unpaired) electrons. The van der Waals surface area contributed by atoms with E-state index in [0.717, 1.165) is 21.3 Å². The topological polar surface area (TPSA) is 0 Å². The molecule has 0 nitrogen and oxygen atoms in total. The Labute approximate surface area is 155 Å². The summed E-state index contributed by atoms with van der Waals surface area (Å²) in [7, 11) is -1.96. The fourth-order valence-electron chi connectivity index (χ4n) is 1.47. The van der Waals surface area contributed by atoms with Gasteiger partial charge in [0.2, 0.25) is 0 Å². The number of terminal acetylenes is 1. The molecular weight excluding hydrogens is 349 g/mol. The molecule has 0 aromatic carbocycles. The molecule has 0 saturated heterocycles. The van der Waals surface area contributed by atoms with Gasteiger partial charge in [-0.05, 0) is 42.7 Å². The van der Waals surface area contributed by atoms with Gasteiger partial charge < -0.3 is 0 Å². The van der Waals surface area contributed by atoms with Crippen molar-refractivity contribution >= 4 is 39.7 Å². The van der Waals surface area contributed by atoms with Crippen LogP contribution in [0.3, 0.4) is 0 Å². The Hall–Kier alpha value is -0.266. The third-order valence-electron chi connectivity index (χ3n) is 3.00. The first-order chi connectivity index (χ1) is 10.6. The van der Waals surface area contributed by atoms with E-state index in [1.165, 1.54) is 12.1 Å². The standard InChI is InChI=1S/C19H32S2Si2/c1-9-11-19(21-15-17-23(6,7)8)13-12-18(10-2)20-14-16-22(3,4)5/h2,12-13H,14-17H2,1,3-8H3/b18-12+,19-13+. The van der Waals surface area contributed by atoms with Crippen LogP contribution in [0.5, 0.6) is 0 Å². The van der Waals surface area contributed by atoms with Gasteiger partial charge in [-0.2, -0.15) is 0 Å². The van der Waals surface area contributed by atoms with Gasteiger partial charge in [0.15, 0.2) is 0 Å². The summed E-state index contributed by atoms with van der Waals surface area (Å²) in [5, 5.41) is 0. The maximum Gasteiger partial charge on any atom is 0.0573 e. The summed E-state index contributed by atoms with van der Waals surface area (Å²) in [6, 6.07) is 2.62. The summed E-state index contributed by atoms with van der Waals surface area (Å²) in [6.45, 7) is 16.3. The van der Waals surface area contributed by atoms with Crippen molar-refractivity contribution < 1.29 is 0 Å². The van der Waals surface area contributed by atoms with Gasteiger partial charge in [0.25, 0.3) is 0 Å². The molecule has 0 heterocycles. The first-order valence-electron chi connectivity index (χ1n) is 8.14. The highest BCUT2D eigenvalue weighted by molar-refractivity contribution is 8.03. The van der Waals surface area contributed by atoms with E-state index in [-0.39, 0.29) is 0 Å². The Bertz CT molecular complexity index is 515. The zero-order chi connectivity index (χ0) is 17.9. The van der Waals surface area contributed by atoms with E-state index in [0.29, 0.717) is 0 Å². The van der Waals surface area contributed by atoms with Crippen LogP contribution in [-0.4, -0.2) is 27.7 Å². The van der Waals surface area contributed by atoms with Gasteiger partial charge in [-0.3, -0.25) is 0 Å². The zero-order valence-electron chi connectivity index (χ0n) is 15.9. The summed E-state index contributed by atoms with van der Waals surface area (Å²) in [6.07, 6.45) is 9.81. The molecule has 0 aliphatic rings. The van der Waals surface area contributed by atoms with Crippen molar-refractivity contribution in [3.8, 4) is 24.2 Å². The molecule has 0 rings (SSSR count). The molecule has 0 spiro atoms. The minimum atomic E-state index is -0.984. The Morgan fingerprint density at radius 1 is 0.870 bits per heavy atom. The van der Waals surface area contributed by atoms with E-state index in [1.54, 1.807) is 11.8 Å². The fraction of sp³-hybridized carbons (Fsp3) is 0.579. The maximum absolute atomic E-state index is 5.65. The summed E-state index contributed by atoms with van der Waals surface area (Å²) in [4.78, 5) is 2.15. The van der Waals surface area contributed by atoms with Crippen LogP contribution in [0, 0.1) is 24.2 Å². The molecule has 0 N–H and O–H groups in total. The number of thioether (sulfide) groups is 2. The van der Waals surface area contributed by atoms with Crippen molar-refractivity contribution in [1.29, 1.82) is 0 Å². The van der Waals surface area contributed by atoms with E-state index < -0.39 is 16.1 Å². The molecule has 0 amide bonds. The molecule has 0 aromatic rings. The smallest absolute Gasteiger partial charge is 0.0573 e. The largest absolute Gasteiger partial charge is 0.117 e. The van der Waals surface area contributed by atoms with E-state index >= 15 is 0 Å². The molecule has 0 atom stereocenters. The lowest BCUT2D eigenvalue weighted by Crippen LogP contribution is -2.19. The first-order valence-corrected chi connectivity index (χ1v) is 17.5. The second-order valence-corrected chi connectivity index (χ2v) is 21.4. The van der Waals surface area contributed by atoms with Crippen LogP contribution in [0.1, 0.15) is 6.92 Å². The summed E-state index contributed by atoms with van der Waals surface area (Å²) in [5.74, 6) is 11.3. The highest BCUT2D eigenvalue weighted by Crippen LogP contribution is 2.23. The lowest BCUT2D eigenvalue weighted by atomic mass is 10.4. The molecule has 128 valence electrons. The van der Waals surface area contributed by atoms with Crippen LogP contribution in [-0.2, 0) is 0 Å². The van der Waals surface area contributed by atoms with E-state index in [1.807, 2.05) is 18.7 Å². The third-order valence-corrected chi connectivity index (χ3v) is 9.15. The Balaban J connectivity index is 4.68. The van der Waals surface area contributed by atoms with Gasteiger partial charge >= 0.3 is 0 Å². The predicted octanol–water partition coefficient (Wildman–Crippen LogP) is 6.55. The van der Waals surface area contributed by atoms with Crippen LogP contribution < -0.4 is 0 Å². The van der Waals surface area contributed by atoms with E-state index in [9.17, 15) is 0 Å². The monoisotopic (exact) mass is 380 g/mol. The third kappa shape index (κ3) is 15.0. The minimum Gasteiger partial charge on any atom is -0.117 e. The summed E-state index contributed by atoms with van der Waals surface area (Å²) in [5.41, 5.74) is 0. The zero-order valence-corrected chi connectivity index (χ0v) is 19.5. The molecule has 0 aliphatic heterocycles. The normalized spacial score (nSPS) is 13.3. The molecule has 23 heavy (non-hydrogen) atoms. The highest BCUT2D eigenvalue weighted by atomic mass is 32.2. The maximum atomic E-state index is 5.65. The van der Waals surface area contributed by atoms with Gasteiger partial charge in [0, 0.05) is 16.1 Å². The van der Waals surface area contributed by atoms with Crippen molar-refractivity contribution in [2.24, 2.45) is 0 Å². The minimum absolute atomic E-state index is 0.978. The highest BCUT2D eigenvalue weighted by Gasteiger charge is 2.13. The van der Waals surface area contributed by atoms with Crippen molar-refractivity contribution in [2.45, 2.75) is 58.3 Å². The van der Waals surface area contributed by atoms with Crippen molar-refractivity contribution in [1.82, 2.24) is 0 Å². The molecule has 0 aromatic heterocycles. The van der Waals surface area contributed by atoms with Crippen molar-refractivity contribution in [3.63, 3.8) is 0 Å². The molecule has 0 aliphatic carbocycles. The second kappa shape index (κ2) is 11.3. The van der Waals surface area contributed by atoms with Gasteiger partial charge in [-0.25, -0.2) is 0 Å². The van der Waals surface area contributed by atoms with Crippen molar-refractivity contribution in [3.05, 3.63) is 22.0 Å². The van der Waals surface area contributed by atoms with Gasteiger partial charge in [0.1, 0.15) is 0 Å². The quantitative estimate of drug-likeness (QED) is 0.252. The van der Waals surface area contributed by atoms with Crippen LogP contribution in [0.4, 0.5) is 0 Å². The van der Waals surface area contributed by atoms with E-state index in [4.69, 9.17) is 6.42 Å². The van der Waals surface area contributed by atoms with Gasteiger partial charge in [-0.15, -0.1) is 35.9 Å². The van der Waals surface area contributed by atoms with Crippen LogP contribution in [0.15, 0.2) is 22.0 Å². The molecule has 0 bridgehead atoms. The molecule has 4 heteroatoms. The Kier molecular flexibility index (Phi) is 11.2.